The normalized spacial score (nSPS) is 11.1. The number of nitrogens with zero attached hydrogens (tertiary/aromatic N) is 2. The van der Waals surface area contributed by atoms with Crippen molar-refractivity contribution in [2.24, 2.45) is 0 Å². The molecule has 4 nitrogen and oxygen atoms in total. The van der Waals surface area contributed by atoms with Gasteiger partial charge in [0.25, 0.3) is 0 Å². The van der Waals surface area contributed by atoms with Crippen molar-refractivity contribution in [3.63, 3.8) is 0 Å². The van der Waals surface area contributed by atoms with Gasteiger partial charge >= 0.3 is 0 Å². The molecule has 1 heterocycles. The molecule has 22 heavy (non-hydrogen) atoms. The van der Waals surface area contributed by atoms with Crippen LogP contribution in [0, 0.1) is 0 Å². The molecule has 4 heteroatoms. The molecule has 1 aromatic carbocycles. The molecule has 0 saturated heterocycles. The van der Waals surface area contributed by atoms with E-state index in [4.69, 9.17) is 4.74 Å². The van der Waals surface area contributed by atoms with Crippen LogP contribution in [0.15, 0.2) is 54.7 Å². The predicted molar refractivity (Wildman–Crippen MR) is 87.4 cm³/mol. The Kier molecular flexibility index (Phi) is 5.31. The number of methoxy groups -OCH3 is 1. The zero-order valence-electron chi connectivity index (χ0n) is 13.1. The van der Waals surface area contributed by atoms with Gasteiger partial charge in [-0.15, -0.1) is 0 Å². The van der Waals surface area contributed by atoms with E-state index in [1.54, 1.807) is 31.3 Å². The van der Waals surface area contributed by atoms with Crippen molar-refractivity contribution in [3.8, 4) is 5.75 Å². The van der Waals surface area contributed by atoms with Gasteiger partial charge in [-0.2, -0.15) is 0 Å². The fourth-order valence-electron chi connectivity index (χ4n) is 2.05. The summed E-state index contributed by atoms with van der Waals surface area (Å²) < 4.78 is 5.13. The van der Waals surface area contributed by atoms with Gasteiger partial charge < -0.3 is 9.64 Å². The lowest BCUT2D eigenvalue weighted by Crippen LogP contribution is -2.24. The number of benzene rings is 1. The van der Waals surface area contributed by atoms with Crippen molar-refractivity contribution in [3.05, 3.63) is 66.0 Å². The van der Waals surface area contributed by atoms with Crippen LogP contribution in [0.25, 0.3) is 5.57 Å². The highest BCUT2D eigenvalue weighted by Gasteiger charge is 2.08. The first kappa shape index (κ1) is 15.8. The third-order valence-electron chi connectivity index (χ3n) is 3.39. The van der Waals surface area contributed by atoms with Gasteiger partial charge in [0, 0.05) is 19.3 Å². The fraction of sp³-hybridized carbons (Fsp3) is 0.222. The molecule has 0 fully saturated rings. The van der Waals surface area contributed by atoms with Crippen LogP contribution < -0.4 is 4.74 Å². The van der Waals surface area contributed by atoms with Gasteiger partial charge in [0.2, 0.25) is 5.91 Å². The number of aromatic nitrogens is 1. The number of amides is 1. The van der Waals surface area contributed by atoms with Crippen LogP contribution in [0.3, 0.4) is 0 Å². The minimum Gasteiger partial charge on any atom is -0.497 e. The second-order valence-electron chi connectivity index (χ2n) is 5.07. The van der Waals surface area contributed by atoms with Gasteiger partial charge in [0.05, 0.1) is 19.3 Å². The number of pyridine rings is 1. The monoisotopic (exact) mass is 296 g/mol. The highest BCUT2D eigenvalue weighted by Crippen LogP contribution is 2.18. The molecule has 0 N–H and O–H groups in total. The Morgan fingerprint density at radius 3 is 2.55 bits per heavy atom. The van der Waals surface area contributed by atoms with Crippen molar-refractivity contribution in [1.29, 1.82) is 0 Å². The van der Waals surface area contributed by atoms with Gasteiger partial charge in [-0.05, 0) is 42.3 Å². The Labute approximate surface area is 131 Å². The van der Waals surface area contributed by atoms with Crippen LogP contribution in [0.5, 0.6) is 5.75 Å². The number of carbonyl (C=O) groups is 1. The number of likely N-dealkylation sites (N-methyl/N-ethyl adjacent to an activating group) is 1. The molecule has 2 rings (SSSR count). The number of ether oxygens (including phenoxy) is 1. The molecule has 0 bridgehead atoms. The van der Waals surface area contributed by atoms with Crippen LogP contribution in [-0.4, -0.2) is 29.9 Å². The molecule has 0 saturated carbocycles. The second kappa shape index (κ2) is 7.41. The zero-order valence-corrected chi connectivity index (χ0v) is 13.1. The highest BCUT2D eigenvalue weighted by atomic mass is 16.5. The number of hydrogen-bond donors (Lipinski definition) is 0. The van der Waals surface area contributed by atoms with E-state index in [9.17, 15) is 4.79 Å². The predicted octanol–water partition coefficient (Wildman–Crippen LogP) is 3.15. The first-order chi connectivity index (χ1) is 10.6. The Hall–Kier alpha value is -2.62. The topological polar surface area (TPSA) is 42.4 Å². The first-order valence-electron chi connectivity index (χ1n) is 7.08. The summed E-state index contributed by atoms with van der Waals surface area (Å²) in [6.45, 7) is 2.42. The van der Waals surface area contributed by atoms with Crippen LogP contribution in [0.1, 0.15) is 18.2 Å². The lowest BCUT2D eigenvalue weighted by molar-refractivity contribution is -0.125. The van der Waals surface area contributed by atoms with Gasteiger partial charge in [0.15, 0.2) is 0 Å². The molecule has 0 atom stereocenters. The van der Waals surface area contributed by atoms with Crippen LogP contribution in [0.2, 0.25) is 0 Å². The highest BCUT2D eigenvalue weighted by molar-refractivity contribution is 5.94. The summed E-state index contributed by atoms with van der Waals surface area (Å²) >= 11 is 0. The van der Waals surface area contributed by atoms with Gasteiger partial charge in [-0.25, -0.2) is 0 Å². The smallest absolute Gasteiger partial charge is 0.246 e. The average Bonchev–Trinajstić information content (AvgIpc) is 2.55. The zero-order chi connectivity index (χ0) is 15.9. The molecule has 0 aliphatic rings. The quantitative estimate of drug-likeness (QED) is 0.796. The van der Waals surface area contributed by atoms with Crippen LogP contribution in [0.4, 0.5) is 0 Å². The molecular formula is C18H20N2O2. The Balaban J connectivity index is 2.04. The van der Waals surface area contributed by atoms with Gasteiger partial charge in [-0.3, -0.25) is 9.78 Å². The van der Waals surface area contributed by atoms with Crippen molar-refractivity contribution >= 4 is 11.5 Å². The van der Waals surface area contributed by atoms with Crippen molar-refractivity contribution in [2.45, 2.75) is 13.5 Å². The van der Waals surface area contributed by atoms with E-state index in [2.05, 4.69) is 4.98 Å². The second-order valence-corrected chi connectivity index (χ2v) is 5.07. The largest absolute Gasteiger partial charge is 0.497 e. The number of hydrogen-bond acceptors (Lipinski definition) is 3. The summed E-state index contributed by atoms with van der Waals surface area (Å²) in [5.41, 5.74) is 2.79. The molecule has 1 aromatic heterocycles. The average molecular weight is 296 g/mol. The molecule has 0 aliphatic heterocycles. The van der Waals surface area contributed by atoms with Crippen LogP contribution in [-0.2, 0) is 11.3 Å². The maximum absolute atomic E-state index is 12.3. The molecule has 2 aromatic rings. The summed E-state index contributed by atoms with van der Waals surface area (Å²) in [6, 6.07) is 13.3. The maximum Gasteiger partial charge on any atom is 0.246 e. The van der Waals surface area contributed by atoms with E-state index < -0.39 is 0 Å². The van der Waals surface area contributed by atoms with Gasteiger partial charge in [0.1, 0.15) is 5.75 Å². The molecule has 0 unspecified atom stereocenters. The van der Waals surface area contributed by atoms with E-state index >= 15 is 0 Å². The standard InChI is InChI=1S/C18H20N2O2/c1-14(15-7-9-17(22-3)10-8-15)12-18(21)20(2)13-16-6-4-5-11-19-16/h4-12H,13H2,1-3H3. The number of rotatable bonds is 5. The number of allylic oxidation sites excluding steroid dienone is 1. The van der Waals surface area contributed by atoms with Crippen molar-refractivity contribution in [1.82, 2.24) is 9.88 Å². The van der Waals surface area contributed by atoms with Crippen molar-refractivity contribution in [2.75, 3.05) is 14.2 Å². The SMILES string of the molecule is COc1ccc(C(C)=CC(=O)N(C)Cc2ccccn2)cc1. The lowest BCUT2D eigenvalue weighted by atomic mass is 10.1. The molecule has 0 aliphatic carbocycles. The van der Waals surface area contributed by atoms with E-state index in [0.29, 0.717) is 6.54 Å². The minimum absolute atomic E-state index is 0.0426. The van der Waals surface area contributed by atoms with E-state index in [1.165, 1.54) is 0 Å². The summed E-state index contributed by atoms with van der Waals surface area (Å²) in [7, 11) is 3.41. The Morgan fingerprint density at radius 2 is 1.95 bits per heavy atom. The van der Waals surface area contributed by atoms with E-state index in [1.807, 2.05) is 49.4 Å². The number of carbonyl (C=O) groups excluding carboxylic acids is 1. The Bertz CT molecular complexity index is 649. The molecule has 1 amide bonds. The molecule has 114 valence electrons. The third-order valence-corrected chi connectivity index (χ3v) is 3.39. The van der Waals surface area contributed by atoms with Crippen molar-refractivity contribution < 1.29 is 9.53 Å². The molecular weight excluding hydrogens is 276 g/mol. The molecule has 0 spiro atoms. The maximum atomic E-state index is 12.3. The lowest BCUT2D eigenvalue weighted by Gasteiger charge is -2.15. The fourth-order valence-corrected chi connectivity index (χ4v) is 2.05. The summed E-state index contributed by atoms with van der Waals surface area (Å²) in [4.78, 5) is 18.1. The van der Waals surface area contributed by atoms with E-state index in [-0.39, 0.29) is 5.91 Å². The summed E-state index contributed by atoms with van der Waals surface area (Å²) in [6.07, 6.45) is 3.37. The third kappa shape index (κ3) is 4.19. The van der Waals surface area contributed by atoms with Crippen LogP contribution >= 0.6 is 0 Å². The summed E-state index contributed by atoms with van der Waals surface area (Å²) in [5.74, 6) is 0.758. The molecule has 0 radical (unpaired) electrons. The first-order valence-corrected chi connectivity index (χ1v) is 7.08. The van der Waals surface area contributed by atoms with Gasteiger partial charge in [-0.1, -0.05) is 18.2 Å². The minimum atomic E-state index is -0.0426. The van der Waals surface area contributed by atoms with E-state index in [0.717, 1.165) is 22.6 Å². The Morgan fingerprint density at radius 1 is 1.23 bits per heavy atom. The summed E-state index contributed by atoms with van der Waals surface area (Å²) in [5, 5.41) is 0.